The molecule has 31 heavy (non-hydrogen) atoms. The molecule has 1 amide bonds. The number of carbonyl (C=O) groups is 1. The zero-order chi connectivity index (χ0) is 22.8. The van der Waals surface area contributed by atoms with Crippen molar-refractivity contribution in [3.63, 3.8) is 0 Å². The van der Waals surface area contributed by atoms with Gasteiger partial charge in [0.15, 0.2) is 23.0 Å². The second kappa shape index (κ2) is 12.0. The SMILES string of the molecule is C=C1CN(c2cc(OC)c(OC)c(OC)c2)C1=O.COc1ccccc1OCCCCl. The molecule has 7 nitrogen and oxygen atoms in total. The summed E-state index contributed by atoms with van der Waals surface area (Å²) in [5.74, 6) is 3.64. The third-order valence-electron chi connectivity index (χ3n) is 4.46. The van der Waals surface area contributed by atoms with Crippen LogP contribution in [0.4, 0.5) is 5.69 Å². The summed E-state index contributed by atoms with van der Waals surface area (Å²) in [6, 6.07) is 11.1. The minimum Gasteiger partial charge on any atom is -0.493 e. The number of carbonyl (C=O) groups excluding carboxylic acids is 1. The summed E-state index contributed by atoms with van der Waals surface area (Å²) in [5, 5.41) is 0. The molecule has 2 aromatic rings. The monoisotopic (exact) mass is 449 g/mol. The van der Waals surface area contributed by atoms with E-state index in [1.165, 1.54) is 21.3 Å². The fourth-order valence-corrected chi connectivity index (χ4v) is 2.95. The van der Waals surface area contributed by atoms with Crippen LogP contribution in [0.5, 0.6) is 28.7 Å². The summed E-state index contributed by atoms with van der Waals surface area (Å²) in [4.78, 5) is 13.2. The molecule has 0 atom stereocenters. The molecular formula is C23H28ClNO6. The number of methoxy groups -OCH3 is 4. The van der Waals surface area contributed by atoms with Crippen LogP contribution in [0.15, 0.2) is 48.6 Å². The molecule has 2 aromatic carbocycles. The van der Waals surface area contributed by atoms with Gasteiger partial charge in [0.05, 0.1) is 47.3 Å². The molecule has 0 aromatic heterocycles. The van der Waals surface area contributed by atoms with E-state index >= 15 is 0 Å². The highest BCUT2D eigenvalue weighted by atomic mass is 35.5. The molecule has 1 saturated heterocycles. The zero-order valence-corrected chi connectivity index (χ0v) is 19.0. The van der Waals surface area contributed by atoms with E-state index in [9.17, 15) is 4.79 Å². The largest absolute Gasteiger partial charge is 0.493 e. The van der Waals surface area contributed by atoms with Gasteiger partial charge in [-0.1, -0.05) is 18.7 Å². The molecule has 0 saturated carbocycles. The van der Waals surface area contributed by atoms with E-state index in [1.807, 2.05) is 24.3 Å². The van der Waals surface area contributed by atoms with E-state index in [-0.39, 0.29) is 5.91 Å². The number of ether oxygens (including phenoxy) is 5. The highest BCUT2D eigenvalue weighted by molar-refractivity contribution is 6.17. The minimum atomic E-state index is -0.0794. The van der Waals surface area contributed by atoms with Crippen molar-refractivity contribution in [2.45, 2.75) is 6.42 Å². The normalized spacial score (nSPS) is 12.4. The van der Waals surface area contributed by atoms with E-state index in [0.29, 0.717) is 47.5 Å². The number of rotatable bonds is 9. The Morgan fingerprint density at radius 1 is 0.935 bits per heavy atom. The maximum atomic E-state index is 11.6. The van der Waals surface area contributed by atoms with Gasteiger partial charge in [0.25, 0.3) is 5.91 Å². The second-order valence-corrected chi connectivity index (χ2v) is 6.80. The highest BCUT2D eigenvalue weighted by Crippen LogP contribution is 2.42. The number of halogens is 1. The number of β-lactam (4-membered cyclic amide) rings is 1. The average Bonchev–Trinajstić information content (AvgIpc) is 2.82. The van der Waals surface area contributed by atoms with Gasteiger partial charge in [-0.15, -0.1) is 11.6 Å². The van der Waals surface area contributed by atoms with Gasteiger partial charge >= 0.3 is 0 Å². The first kappa shape index (κ1) is 24.2. The van der Waals surface area contributed by atoms with Gasteiger partial charge in [0.1, 0.15) is 0 Å². The van der Waals surface area contributed by atoms with Crippen molar-refractivity contribution in [3.8, 4) is 28.7 Å². The number of benzene rings is 2. The summed E-state index contributed by atoms with van der Waals surface area (Å²) in [5.41, 5.74) is 1.31. The van der Waals surface area contributed by atoms with Gasteiger partial charge in [0.2, 0.25) is 5.75 Å². The fourth-order valence-electron chi connectivity index (χ4n) is 2.84. The molecule has 8 heteroatoms. The molecule has 0 spiro atoms. The number of hydrogen-bond acceptors (Lipinski definition) is 6. The number of hydrogen-bond donors (Lipinski definition) is 0. The summed E-state index contributed by atoms with van der Waals surface area (Å²) in [6.07, 6.45) is 0.847. The summed E-state index contributed by atoms with van der Waals surface area (Å²) in [6.45, 7) is 4.81. The molecule has 0 unspecified atom stereocenters. The Morgan fingerprint density at radius 3 is 1.97 bits per heavy atom. The molecule has 1 heterocycles. The number of alkyl halides is 1. The topological polar surface area (TPSA) is 66.5 Å². The Hall–Kier alpha value is -3.06. The predicted molar refractivity (Wildman–Crippen MR) is 121 cm³/mol. The lowest BCUT2D eigenvalue weighted by Gasteiger charge is -2.33. The van der Waals surface area contributed by atoms with Crippen molar-refractivity contribution < 1.29 is 28.5 Å². The Labute approximate surface area is 188 Å². The zero-order valence-electron chi connectivity index (χ0n) is 18.3. The molecule has 0 aliphatic carbocycles. The maximum absolute atomic E-state index is 11.6. The van der Waals surface area contributed by atoms with Crippen LogP contribution < -0.4 is 28.6 Å². The van der Waals surface area contributed by atoms with Gasteiger partial charge in [0, 0.05) is 23.6 Å². The van der Waals surface area contributed by atoms with Crippen molar-refractivity contribution in [3.05, 3.63) is 48.6 Å². The molecule has 0 N–H and O–H groups in total. The Bertz CT molecular complexity index is 876. The van der Waals surface area contributed by atoms with Gasteiger partial charge in [-0.25, -0.2) is 0 Å². The lowest BCUT2D eigenvalue weighted by Crippen LogP contribution is -2.45. The fraction of sp³-hybridized carbons (Fsp3) is 0.348. The Morgan fingerprint density at radius 2 is 1.52 bits per heavy atom. The van der Waals surface area contributed by atoms with Crippen molar-refractivity contribution in [2.75, 3.05) is 52.4 Å². The minimum absolute atomic E-state index is 0.0794. The van der Waals surface area contributed by atoms with Crippen LogP contribution in [0.25, 0.3) is 0 Å². The molecule has 1 aliphatic rings. The smallest absolute Gasteiger partial charge is 0.255 e. The van der Waals surface area contributed by atoms with Gasteiger partial charge in [-0.2, -0.15) is 0 Å². The van der Waals surface area contributed by atoms with Crippen molar-refractivity contribution in [1.29, 1.82) is 0 Å². The number of para-hydroxylation sites is 2. The maximum Gasteiger partial charge on any atom is 0.255 e. The van der Waals surface area contributed by atoms with Crippen LogP contribution in [0.1, 0.15) is 6.42 Å². The number of anilines is 1. The van der Waals surface area contributed by atoms with Gasteiger partial charge < -0.3 is 28.6 Å². The van der Waals surface area contributed by atoms with E-state index in [0.717, 1.165) is 17.9 Å². The quantitative estimate of drug-likeness (QED) is 0.246. The van der Waals surface area contributed by atoms with Crippen LogP contribution in [0, 0.1) is 0 Å². The summed E-state index contributed by atoms with van der Waals surface area (Å²) < 4.78 is 26.3. The van der Waals surface area contributed by atoms with E-state index in [1.54, 1.807) is 24.1 Å². The molecule has 1 aliphatic heterocycles. The first-order chi connectivity index (χ1) is 15.0. The highest BCUT2D eigenvalue weighted by Gasteiger charge is 2.31. The standard InChI is InChI=1S/C13H15NO4.C10H13ClO2/c1-8-7-14(13(8)15)9-5-10(16-2)12(18-4)11(6-9)17-3;1-12-9-5-2-3-6-10(9)13-8-4-7-11/h5-6H,1,7H2,2-4H3;2-3,5-6H,4,7-8H2,1H3. The molecular weight excluding hydrogens is 422 g/mol. The molecule has 0 bridgehead atoms. The lowest BCUT2D eigenvalue weighted by atomic mass is 10.1. The van der Waals surface area contributed by atoms with Crippen LogP contribution in [0.3, 0.4) is 0 Å². The van der Waals surface area contributed by atoms with Crippen LogP contribution in [-0.4, -0.2) is 53.4 Å². The average molecular weight is 450 g/mol. The second-order valence-electron chi connectivity index (χ2n) is 6.42. The third kappa shape index (κ3) is 5.98. The van der Waals surface area contributed by atoms with Crippen LogP contribution in [0.2, 0.25) is 0 Å². The predicted octanol–water partition coefficient (Wildman–Crippen LogP) is 4.32. The molecule has 1 fully saturated rings. The first-order valence-electron chi connectivity index (χ1n) is 9.62. The number of amides is 1. The van der Waals surface area contributed by atoms with E-state index in [4.69, 9.17) is 35.3 Å². The third-order valence-corrected chi connectivity index (χ3v) is 4.73. The van der Waals surface area contributed by atoms with Crippen LogP contribution in [-0.2, 0) is 4.79 Å². The summed E-state index contributed by atoms with van der Waals surface area (Å²) >= 11 is 5.53. The summed E-state index contributed by atoms with van der Waals surface area (Å²) in [7, 11) is 6.25. The number of nitrogens with zero attached hydrogens (tertiary/aromatic N) is 1. The molecule has 0 radical (unpaired) electrons. The Balaban J connectivity index is 0.000000233. The molecule has 3 rings (SSSR count). The van der Waals surface area contributed by atoms with Crippen molar-refractivity contribution in [2.24, 2.45) is 0 Å². The first-order valence-corrected chi connectivity index (χ1v) is 10.2. The van der Waals surface area contributed by atoms with Crippen LogP contribution >= 0.6 is 11.6 Å². The van der Waals surface area contributed by atoms with Crippen molar-refractivity contribution >= 4 is 23.2 Å². The van der Waals surface area contributed by atoms with E-state index in [2.05, 4.69) is 6.58 Å². The van der Waals surface area contributed by atoms with Crippen molar-refractivity contribution in [1.82, 2.24) is 0 Å². The van der Waals surface area contributed by atoms with Gasteiger partial charge in [-0.3, -0.25) is 4.79 Å². The lowest BCUT2D eigenvalue weighted by molar-refractivity contribution is -0.117. The molecule has 168 valence electrons. The Kier molecular flexibility index (Phi) is 9.34. The van der Waals surface area contributed by atoms with E-state index < -0.39 is 0 Å². The van der Waals surface area contributed by atoms with Gasteiger partial charge in [-0.05, 0) is 18.6 Å².